The Morgan fingerprint density at radius 2 is 1.94 bits per heavy atom. The standard InChI is InChI=1S/C11H21NO3S/c1-2-3-4-5-6-10(16)9(13)7-8(12)11(14)15/h8,10,16H,2-7,12H2,1H3,(H,14,15). The molecular formula is C11H21NO3S. The van der Waals surface area contributed by atoms with Crippen LogP contribution in [0.15, 0.2) is 0 Å². The first-order valence-electron chi connectivity index (χ1n) is 5.68. The Morgan fingerprint density at radius 1 is 1.31 bits per heavy atom. The highest BCUT2D eigenvalue weighted by Gasteiger charge is 2.20. The Balaban J connectivity index is 3.77. The van der Waals surface area contributed by atoms with E-state index >= 15 is 0 Å². The third-order valence-corrected chi connectivity index (χ3v) is 2.99. The summed E-state index contributed by atoms with van der Waals surface area (Å²) in [7, 11) is 0. The lowest BCUT2D eigenvalue weighted by Crippen LogP contribution is -2.34. The second-order valence-electron chi connectivity index (χ2n) is 3.98. The number of carboxylic acids is 1. The van der Waals surface area contributed by atoms with Gasteiger partial charge in [0.1, 0.15) is 11.8 Å². The summed E-state index contributed by atoms with van der Waals surface area (Å²) in [6.45, 7) is 2.12. The number of carbonyl (C=O) groups is 2. The molecule has 4 nitrogen and oxygen atoms in total. The average Bonchev–Trinajstić information content (AvgIpc) is 2.23. The van der Waals surface area contributed by atoms with Gasteiger partial charge in [-0.05, 0) is 6.42 Å². The van der Waals surface area contributed by atoms with E-state index in [-0.39, 0.29) is 17.5 Å². The first kappa shape index (κ1) is 15.4. The lowest BCUT2D eigenvalue weighted by molar-refractivity contribution is -0.140. The molecule has 0 saturated heterocycles. The number of carboxylic acid groups (broad SMARTS) is 1. The molecule has 3 N–H and O–H groups in total. The maximum atomic E-state index is 11.5. The largest absolute Gasteiger partial charge is 0.480 e. The van der Waals surface area contributed by atoms with Crippen molar-refractivity contribution in [3.63, 3.8) is 0 Å². The number of Topliss-reactive ketones (excluding diaryl/α,β-unsaturated/α-hetero) is 1. The van der Waals surface area contributed by atoms with Crippen LogP contribution in [0.2, 0.25) is 0 Å². The van der Waals surface area contributed by atoms with Crippen LogP contribution in [0, 0.1) is 0 Å². The predicted octanol–water partition coefficient (Wildman–Crippen LogP) is 1.63. The molecule has 0 aromatic rings. The van der Waals surface area contributed by atoms with Gasteiger partial charge in [-0.15, -0.1) is 0 Å². The van der Waals surface area contributed by atoms with Gasteiger partial charge in [0.05, 0.1) is 5.25 Å². The Morgan fingerprint density at radius 3 is 2.44 bits per heavy atom. The SMILES string of the molecule is CCCCCCC(S)C(=O)CC(N)C(=O)O. The first-order chi connectivity index (χ1) is 7.49. The fourth-order valence-electron chi connectivity index (χ4n) is 1.37. The van der Waals surface area contributed by atoms with Gasteiger partial charge in [0, 0.05) is 6.42 Å². The fraction of sp³-hybridized carbons (Fsp3) is 0.818. The minimum atomic E-state index is -1.14. The molecule has 0 spiro atoms. The molecule has 2 atom stereocenters. The summed E-state index contributed by atoms with van der Waals surface area (Å²) >= 11 is 4.17. The molecule has 2 unspecified atom stereocenters. The molecule has 0 saturated carbocycles. The second kappa shape index (κ2) is 8.58. The van der Waals surface area contributed by atoms with E-state index in [1.54, 1.807) is 0 Å². The highest BCUT2D eigenvalue weighted by atomic mass is 32.1. The van der Waals surface area contributed by atoms with E-state index in [0.29, 0.717) is 6.42 Å². The monoisotopic (exact) mass is 247 g/mol. The van der Waals surface area contributed by atoms with Gasteiger partial charge in [0.25, 0.3) is 0 Å². The predicted molar refractivity (Wildman–Crippen MR) is 66.8 cm³/mol. The molecular weight excluding hydrogens is 226 g/mol. The van der Waals surface area contributed by atoms with Gasteiger partial charge in [-0.25, -0.2) is 0 Å². The van der Waals surface area contributed by atoms with Crippen molar-refractivity contribution in [2.24, 2.45) is 5.73 Å². The van der Waals surface area contributed by atoms with Crippen molar-refractivity contribution in [1.82, 2.24) is 0 Å². The van der Waals surface area contributed by atoms with Gasteiger partial charge in [-0.3, -0.25) is 9.59 Å². The summed E-state index contributed by atoms with van der Waals surface area (Å²) in [5.74, 6) is -1.31. The van der Waals surface area contributed by atoms with E-state index in [1.165, 1.54) is 0 Å². The number of hydrogen-bond acceptors (Lipinski definition) is 4. The number of aliphatic carboxylic acids is 1. The quantitative estimate of drug-likeness (QED) is 0.427. The second-order valence-corrected chi connectivity index (χ2v) is 4.60. The molecule has 0 amide bonds. The normalized spacial score (nSPS) is 14.4. The van der Waals surface area contributed by atoms with Gasteiger partial charge in [-0.2, -0.15) is 12.6 Å². The molecule has 0 radical (unpaired) electrons. The summed E-state index contributed by atoms with van der Waals surface area (Å²) in [6.07, 6.45) is 4.92. The van der Waals surface area contributed by atoms with Crippen LogP contribution in [0.25, 0.3) is 0 Å². The summed E-state index contributed by atoms with van der Waals surface area (Å²) < 4.78 is 0. The fourth-order valence-corrected chi connectivity index (χ4v) is 1.65. The Kier molecular flexibility index (Phi) is 8.29. The van der Waals surface area contributed by atoms with Crippen molar-refractivity contribution in [2.75, 3.05) is 0 Å². The minimum Gasteiger partial charge on any atom is -0.480 e. The summed E-state index contributed by atoms with van der Waals surface area (Å²) in [4.78, 5) is 22.0. The van der Waals surface area contributed by atoms with Crippen LogP contribution in [0.5, 0.6) is 0 Å². The number of ketones is 1. The number of hydrogen-bond donors (Lipinski definition) is 3. The molecule has 5 heteroatoms. The molecule has 94 valence electrons. The molecule has 0 aliphatic heterocycles. The highest BCUT2D eigenvalue weighted by molar-refractivity contribution is 7.81. The van der Waals surface area contributed by atoms with Gasteiger partial charge in [0.2, 0.25) is 0 Å². The Labute approximate surface area is 102 Å². The van der Waals surface area contributed by atoms with Crippen molar-refractivity contribution in [3.8, 4) is 0 Å². The van der Waals surface area contributed by atoms with Crippen molar-refractivity contribution in [2.45, 2.75) is 56.7 Å². The zero-order chi connectivity index (χ0) is 12.6. The lowest BCUT2D eigenvalue weighted by Gasteiger charge is -2.11. The summed E-state index contributed by atoms with van der Waals surface area (Å²) in [5.41, 5.74) is 5.28. The van der Waals surface area contributed by atoms with E-state index in [1.807, 2.05) is 0 Å². The third-order valence-electron chi connectivity index (χ3n) is 2.44. The zero-order valence-corrected chi connectivity index (χ0v) is 10.6. The first-order valence-corrected chi connectivity index (χ1v) is 6.19. The minimum absolute atomic E-state index is 0.128. The number of unbranched alkanes of at least 4 members (excludes halogenated alkanes) is 3. The van der Waals surface area contributed by atoms with Crippen LogP contribution >= 0.6 is 12.6 Å². The average molecular weight is 247 g/mol. The molecule has 0 aliphatic rings. The van der Waals surface area contributed by atoms with Crippen LogP contribution in [0.4, 0.5) is 0 Å². The van der Waals surface area contributed by atoms with Crippen LogP contribution < -0.4 is 5.73 Å². The van der Waals surface area contributed by atoms with E-state index in [4.69, 9.17) is 10.8 Å². The van der Waals surface area contributed by atoms with Crippen molar-refractivity contribution < 1.29 is 14.7 Å². The molecule has 0 bridgehead atoms. The topological polar surface area (TPSA) is 80.4 Å². The number of nitrogens with two attached hydrogens (primary N) is 1. The molecule has 0 rings (SSSR count). The maximum Gasteiger partial charge on any atom is 0.320 e. The van der Waals surface area contributed by atoms with E-state index in [2.05, 4.69) is 19.6 Å². The van der Waals surface area contributed by atoms with Gasteiger partial charge < -0.3 is 10.8 Å². The number of thiol groups is 1. The molecule has 0 aliphatic carbocycles. The van der Waals surface area contributed by atoms with Crippen LogP contribution in [0.3, 0.4) is 0 Å². The van der Waals surface area contributed by atoms with Crippen molar-refractivity contribution in [1.29, 1.82) is 0 Å². The van der Waals surface area contributed by atoms with Crippen LogP contribution in [-0.2, 0) is 9.59 Å². The zero-order valence-electron chi connectivity index (χ0n) is 9.69. The van der Waals surface area contributed by atoms with Gasteiger partial charge in [0.15, 0.2) is 0 Å². The van der Waals surface area contributed by atoms with Crippen molar-refractivity contribution >= 4 is 24.4 Å². The van der Waals surface area contributed by atoms with Crippen molar-refractivity contribution in [3.05, 3.63) is 0 Å². The molecule has 0 fully saturated rings. The van der Waals surface area contributed by atoms with E-state index < -0.39 is 12.0 Å². The Hall–Kier alpha value is -0.550. The highest BCUT2D eigenvalue weighted by Crippen LogP contribution is 2.12. The van der Waals surface area contributed by atoms with E-state index in [9.17, 15) is 9.59 Å². The molecule has 0 aromatic carbocycles. The van der Waals surface area contributed by atoms with Crippen LogP contribution in [-0.4, -0.2) is 28.2 Å². The molecule has 0 heterocycles. The summed E-state index contributed by atoms with van der Waals surface area (Å²) in [5, 5.41) is 8.18. The molecule has 0 aromatic heterocycles. The smallest absolute Gasteiger partial charge is 0.320 e. The van der Waals surface area contributed by atoms with Gasteiger partial charge in [-0.1, -0.05) is 32.6 Å². The Bertz CT molecular complexity index is 233. The van der Waals surface area contributed by atoms with Gasteiger partial charge >= 0.3 is 5.97 Å². The lowest BCUT2D eigenvalue weighted by atomic mass is 10.0. The number of rotatable bonds is 9. The van der Waals surface area contributed by atoms with E-state index in [0.717, 1.165) is 25.7 Å². The number of carbonyl (C=O) groups excluding carboxylic acids is 1. The van der Waals surface area contributed by atoms with Crippen LogP contribution in [0.1, 0.15) is 45.4 Å². The summed E-state index contributed by atoms with van der Waals surface area (Å²) in [6, 6.07) is -1.10. The third kappa shape index (κ3) is 6.85. The maximum absolute atomic E-state index is 11.5. The molecule has 16 heavy (non-hydrogen) atoms.